The fraction of sp³-hybridized carbons (Fsp3) is 0.375. The van der Waals surface area contributed by atoms with Crippen LogP contribution in [0.2, 0.25) is 5.15 Å². The van der Waals surface area contributed by atoms with Crippen molar-refractivity contribution < 1.29 is 14.5 Å². The maximum absolute atomic E-state index is 11.2. The Bertz CT molecular complexity index is 453. The van der Waals surface area contributed by atoms with E-state index in [4.69, 9.17) is 11.6 Å². The number of carbonyl (C=O) groups excluding carboxylic acids is 1. The molecule has 0 spiro atoms. The minimum Gasteiger partial charge on any atom is -0.467 e. The smallest absolute Gasteiger partial charge is 0.348 e. The van der Waals surface area contributed by atoms with Crippen molar-refractivity contribution in [2.24, 2.45) is 0 Å². The van der Waals surface area contributed by atoms with Crippen molar-refractivity contribution in [2.45, 2.75) is 13.0 Å². The number of nitrogens with zero attached hydrogens (tertiary/aromatic N) is 3. The summed E-state index contributed by atoms with van der Waals surface area (Å²) >= 11 is 5.57. The lowest BCUT2D eigenvalue weighted by molar-refractivity contribution is -0.384. The Kier molecular flexibility index (Phi) is 4.16. The van der Waals surface area contributed by atoms with Crippen molar-refractivity contribution >= 4 is 29.1 Å². The van der Waals surface area contributed by atoms with E-state index in [9.17, 15) is 14.9 Å². The fourth-order valence-electron chi connectivity index (χ4n) is 1.07. The molecule has 0 aliphatic rings. The number of carbonyl (C=O) groups is 1. The van der Waals surface area contributed by atoms with Gasteiger partial charge in [0.05, 0.1) is 12.0 Å². The lowest BCUT2D eigenvalue weighted by Crippen LogP contribution is -2.28. The van der Waals surface area contributed by atoms with Crippen LogP contribution in [0.4, 0.5) is 11.5 Å². The van der Waals surface area contributed by atoms with Gasteiger partial charge in [-0.2, -0.15) is 0 Å². The first-order valence-electron chi connectivity index (χ1n) is 4.46. The number of halogens is 1. The molecule has 1 aromatic rings. The van der Waals surface area contributed by atoms with Gasteiger partial charge in [-0.05, 0) is 6.92 Å². The molecule has 8 nitrogen and oxygen atoms in total. The van der Waals surface area contributed by atoms with E-state index in [1.807, 2.05) is 0 Å². The molecular weight excluding hydrogens is 252 g/mol. The van der Waals surface area contributed by atoms with E-state index in [1.54, 1.807) is 0 Å². The molecule has 0 fully saturated rings. The average molecular weight is 261 g/mol. The molecule has 1 aromatic heterocycles. The number of anilines is 1. The molecule has 1 N–H and O–H groups in total. The van der Waals surface area contributed by atoms with Gasteiger partial charge in [-0.3, -0.25) is 10.1 Å². The van der Waals surface area contributed by atoms with Crippen LogP contribution in [-0.4, -0.2) is 34.0 Å². The summed E-state index contributed by atoms with van der Waals surface area (Å²) < 4.78 is 4.47. The molecule has 0 bridgehead atoms. The molecule has 9 heteroatoms. The Labute approximate surface area is 101 Å². The topological polar surface area (TPSA) is 107 Å². The second kappa shape index (κ2) is 5.39. The second-order valence-electron chi connectivity index (χ2n) is 3.01. The maximum atomic E-state index is 11.2. The van der Waals surface area contributed by atoms with Crippen molar-refractivity contribution in [3.8, 4) is 0 Å². The van der Waals surface area contributed by atoms with Crippen LogP contribution in [0.15, 0.2) is 6.33 Å². The van der Waals surface area contributed by atoms with Crippen molar-refractivity contribution in [1.82, 2.24) is 9.97 Å². The Balaban J connectivity index is 3.02. The monoisotopic (exact) mass is 260 g/mol. The molecule has 0 aromatic carbocycles. The summed E-state index contributed by atoms with van der Waals surface area (Å²) in [6, 6.07) is -0.787. The van der Waals surface area contributed by atoms with Gasteiger partial charge >= 0.3 is 11.7 Å². The van der Waals surface area contributed by atoms with Gasteiger partial charge in [0.1, 0.15) is 12.4 Å². The predicted molar refractivity (Wildman–Crippen MR) is 58.8 cm³/mol. The average Bonchev–Trinajstić information content (AvgIpc) is 2.27. The van der Waals surface area contributed by atoms with Gasteiger partial charge in [0.15, 0.2) is 0 Å². The number of rotatable bonds is 4. The molecule has 1 unspecified atom stereocenters. The van der Waals surface area contributed by atoms with Crippen molar-refractivity contribution in [3.05, 3.63) is 21.6 Å². The third-order valence-corrected chi connectivity index (χ3v) is 2.14. The summed E-state index contributed by atoms with van der Waals surface area (Å²) in [4.78, 5) is 28.3. The number of hydrogen-bond donors (Lipinski definition) is 1. The van der Waals surface area contributed by atoms with Gasteiger partial charge < -0.3 is 10.1 Å². The van der Waals surface area contributed by atoms with E-state index in [2.05, 4.69) is 20.0 Å². The quantitative estimate of drug-likeness (QED) is 0.372. The highest BCUT2D eigenvalue weighted by Gasteiger charge is 2.24. The number of aromatic nitrogens is 2. The minimum absolute atomic E-state index is 0.132. The van der Waals surface area contributed by atoms with E-state index in [1.165, 1.54) is 14.0 Å². The fourth-order valence-corrected chi connectivity index (χ4v) is 1.27. The number of nitrogens with one attached hydrogen (secondary N) is 1. The number of methoxy groups -OCH3 is 1. The number of hydrogen-bond acceptors (Lipinski definition) is 7. The first kappa shape index (κ1) is 13.1. The molecule has 1 rings (SSSR count). The largest absolute Gasteiger partial charge is 0.467 e. The highest BCUT2D eigenvalue weighted by atomic mass is 35.5. The van der Waals surface area contributed by atoms with Gasteiger partial charge in [0, 0.05) is 0 Å². The van der Waals surface area contributed by atoms with E-state index < -0.39 is 22.6 Å². The first-order valence-corrected chi connectivity index (χ1v) is 4.84. The summed E-state index contributed by atoms with van der Waals surface area (Å²) in [7, 11) is 1.21. The molecule has 1 atom stereocenters. The number of nitro groups is 1. The van der Waals surface area contributed by atoms with E-state index in [-0.39, 0.29) is 11.0 Å². The van der Waals surface area contributed by atoms with Crippen molar-refractivity contribution in [1.29, 1.82) is 0 Å². The van der Waals surface area contributed by atoms with Crippen LogP contribution in [0.25, 0.3) is 0 Å². The van der Waals surface area contributed by atoms with Crippen molar-refractivity contribution in [3.63, 3.8) is 0 Å². The molecule has 0 saturated carbocycles. The lowest BCUT2D eigenvalue weighted by Gasteiger charge is -2.11. The van der Waals surface area contributed by atoms with Gasteiger partial charge in [-0.25, -0.2) is 14.8 Å². The predicted octanol–water partition coefficient (Wildman–Crippen LogP) is 1.01. The second-order valence-corrected chi connectivity index (χ2v) is 3.37. The van der Waals surface area contributed by atoms with Crippen LogP contribution >= 0.6 is 11.6 Å². The summed E-state index contributed by atoms with van der Waals surface area (Å²) in [6.45, 7) is 1.48. The molecular formula is C8H9ClN4O4. The number of ether oxygens (including phenoxy) is 1. The Morgan fingerprint density at radius 2 is 2.29 bits per heavy atom. The third kappa shape index (κ3) is 3.00. The molecule has 0 amide bonds. The van der Waals surface area contributed by atoms with Crippen LogP contribution in [0.5, 0.6) is 0 Å². The SMILES string of the molecule is COC(=O)C(C)Nc1ncnc(Cl)c1[N+](=O)[O-]. The zero-order valence-corrected chi connectivity index (χ0v) is 9.76. The Hall–Kier alpha value is -1.96. The van der Waals surface area contributed by atoms with Gasteiger partial charge in [-0.1, -0.05) is 11.6 Å². The van der Waals surface area contributed by atoms with Crippen LogP contribution < -0.4 is 5.32 Å². The normalized spacial score (nSPS) is 11.7. The summed E-state index contributed by atoms with van der Waals surface area (Å²) in [5.41, 5.74) is -0.482. The van der Waals surface area contributed by atoms with Crippen LogP contribution in [0, 0.1) is 10.1 Å². The highest BCUT2D eigenvalue weighted by molar-refractivity contribution is 6.31. The standard InChI is InChI=1S/C8H9ClN4O4/c1-4(8(14)17-2)12-7-5(13(15)16)6(9)10-3-11-7/h3-4H,1-2H3,(H,10,11,12). The van der Waals surface area contributed by atoms with Crippen LogP contribution in [0.3, 0.4) is 0 Å². The van der Waals surface area contributed by atoms with Crippen LogP contribution in [-0.2, 0) is 9.53 Å². The summed E-state index contributed by atoms with van der Waals surface area (Å²) in [6.07, 6.45) is 1.06. The zero-order valence-electron chi connectivity index (χ0n) is 9.01. The minimum atomic E-state index is -0.787. The van der Waals surface area contributed by atoms with Gasteiger partial charge in [-0.15, -0.1) is 0 Å². The first-order chi connectivity index (χ1) is 7.97. The van der Waals surface area contributed by atoms with Crippen molar-refractivity contribution in [2.75, 3.05) is 12.4 Å². The molecule has 17 heavy (non-hydrogen) atoms. The van der Waals surface area contributed by atoms with E-state index in [0.29, 0.717) is 0 Å². The third-order valence-electron chi connectivity index (χ3n) is 1.87. The molecule has 0 saturated heterocycles. The van der Waals surface area contributed by atoms with E-state index in [0.717, 1.165) is 6.33 Å². The number of esters is 1. The summed E-state index contributed by atoms with van der Waals surface area (Å²) in [5.74, 6) is -0.707. The van der Waals surface area contributed by atoms with Crippen LogP contribution in [0.1, 0.15) is 6.92 Å². The Morgan fingerprint density at radius 3 is 2.82 bits per heavy atom. The van der Waals surface area contributed by atoms with Gasteiger partial charge in [0.25, 0.3) is 0 Å². The maximum Gasteiger partial charge on any atom is 0.348 e. The highest BCUT2D eigenvalue weighted by Crippen LogP contribution is 2.28. The Morgan fingerprint density at radius 1 is 1.65 bits per heavy atom. The lowest BCUT2D eigenvalue weighted by atomic mass is 10.3. The van der Waals surface area contributed by atoms with Gasteiger partial charge in [0.2, 0.25) is 11.0 Å². The zero-order chi connectivity index (χ0) is 13.0. The molecule has 92 valence electrons. The molecule has 1 heterocycles. The molecule has 0 aliphatic heterocycles. The molecule has 0 aliphatic carbocycles. The van der Waals surface area contributed by atoms with E-state index >= 15 is 0 Å². The summed E-state index contributed by atoms with van der Waals surface area (Å²) in [5, 5.41) is 13.0. The molecule has 0 radical (unpaired) electrons.